The number of halogens is 6. The van der Waals surface area contributed by atoms with Crippen LogP contribution in [0.2, 0.25) is 15.1 Å². The summed E-state index contributed by atoms with van der Waals surface area (Å²) in [4.78, 5) is 6.26. The summed E-state index contributed by atoms with van der Waals surface area (Å²) in [5.74, 6) is -0.913. The second-order valence-corrected chi connectivity index (χ2v) is 10.3. The standard InChI is InChI=1S/C21H21Cl3F3N5.C4H8O2/c1-31-17-8-16(32-6-2-3-12(10-32)21(25,26)27)14(23)7-15(17)29-20(31)30-19-13(22)5-4-11(9-28)18(19)24;1-2-6-4-3-5-1/h4-5,7-8,12H,2-3,6,9-10,28H2,1H3,(H,29,30);1-4H2. The van der Waals surface area contributed by atoms with E-state index in [1.165, 1.54) is 0 Å². The Labute approximate surface area is 233 Å². The van der Waals surface area contributed by atoms with Gasteiger partial charge in [-0.1, -0.05) is 40.9 Å². The summed E-state index contributed by atoms with van der Waals surface area (Å²) in [5, 5.41) is 4.31. The Balaban J connectivity index is 0.000000494. The first-order chi connectivity index (χ1) is 18.1. The molecular formula is C25H29Cl3F3N5O2. The maximum atomic E-state index is 13.3. The normalized spacial score (nSPS) is 18.3. The molecule has 38 heavy (non-hydrogen) atoms. The van der Waals surface area contributed by atoms with Gasteiger partial charge in [-0.15, -0.1) is 0 Å². The number of hydrogen-bond acceptors (Lipinski definition) is 6. The number of nitrogens with two attached hydrogens (primary N) is 1. The molecule has 1 unspecified atom stereocenters. The predicted octanol–water partition coefficient (Wildman–Crippen LogP) is 6.55. The van der Waals surface area contributed by atoms with Crippen molar-refractivity contribution < 1.29 is 22.6 Å². The van der Waals surface area contributed by atoms with E-state index in [1.54, 1.807) is 40.8 Å². The first-order valence-corrected chi connectivity index (χ1v) is 13.3. The van der Waals surface area contributed by atoms with Gasteiger partial charge in [-0.25, -0.2) is 4.98 Å². The first-order valence-electron chi connectivity index (χ1n) is 12.2. The molecule has 208 valence electrons. The molecule has 1 atom stereocenters. The van der Waals surface area contributed by atoms with Crippen molar-refractivity contribution in [1.29, 1.82) is 0 Å². The van der Waals surface area contributed by atoms with Crippen molar-refractivity contribution >= 4 is 63.2 Å². The Morgan fingerprint density at radius 1 is 1.08 bits per heavy atom. The molecular weight excluding hydrogens is 566 g/mol. The van der Waals surface area contributed by atoms with E-state index in [0.29, 0.717) is 56.4 Å². The van der Waals surface area contributed by atoms with Crippen molar-refractivity contribution in [2.24, 2.45) is 18.7 Å². The Hall–Kier alpha value is -1.95. The molecule has 0 amide bonds. The average Bonchev–Trinajstić information content (AvgIpc) is 3.20. The summed E-state index contributed by atoms with van der Waals surface area (Å²) >= 11 is 19.2. The predicted molar refractivity (Wildman–Crippen MR) is 146 cm³/mol. The number of nitrogens with zero attached hydrogens (tertiary/aromatic N) is 3. The number of piperidine rings is 1. The Morgan fingerprint density at radius 2 is 1.76 bits per heavy atom. The summed E-state index contributed by atoms with van der Waals surface area (Å²) in [6.07, 6.45) is -3.65. The third-order valence-corrected chi connectivity index (χ3v) is 7.60. The summed E-state index contributed by atoms with van der Waals surface area (Å²) in [6.45, 7) is 3.76. The van der Waals surface area contributed by atoms with E-state index in [4.69, 9.17) is 50.0 Å². The van der Waals surface area contributed by atoms with Gasteiger partial charge in [0.05, 0.1) is 69.8 Å². The van der Waals surface area contributed by atoms with Gasteiger partial charge in [0, 0.05) is 26.7 Å². The van der Waals surface area contributed by atoms with Crippen LogP contribution in [-0.4, -0.2) is 55.2 Å². The van der Waals surface area contributed by atoms with Gasteiger partial charge in [0.1, 0.15) is 0 Å². The smallest absolute Gasteiger partial charge is 0.377 e. The van der Waals surface area contributed by atoms with Gasteiger partial charge >= 0.3 is 6.18 Å². The van der Waals surface area contributed by atoms with Gasteiger partial charge < -0.3 is 30.0 Å². The van der Waals surface area contributed by atoms with Crippen molar-refractivity contribution in [3.8, 4) is 0 Å². The zero-order chi connectivity index (χ0) is 27.4. The highest BCUT2D eigenvalue weighted by Gasteiger charge is 2.42. The zero-order valence-corrected chi connectivity index (χ0v) is 23.0. The number of nitrogens with one attached hydrogen (secondary N) is 1. The van der Waals surface area contributed by atoms with Crippen molar-refractivity contribution in [1.82, 2.24) is 9.55 Å². The molecule has 2 aromatic carbocycles. The monoisotopic (exact) mass is 593 g/mol. The van der Waals surface area contributed by atoms with Gasteiger partial charge in [-0.2, -0.15) is 13.2 Å². The molecule has 5 rings (SSSR count). The number of anilines is 3. The number of aromatic nitrogens is 2. The Bertz CT molecular complexity index is 1260. The molecule has 3 N–H and O–H groups in total. The molecule has 2 fully saturated rings. The van der Waals surface area contributed by atoms with Gasteiger partial charge in [-0.3, -0.25) is 0 Å². The van der Waals surface area contributed by atoms with E-state index in [0.717, 1.165) is 32.0 Å². The second-order valence-electron chi connectivity index (χ2n) is 9.06. The minimum atomic E-state index is -4.23. The highest BCUT2D eigenvalue weighted by molar-refractivity contribution is 6.39. The SMILES string of the molecule is C1COCCO1.Cn1c(Nc2c(Cl)ccc(CN)c2Cl)nc2cc(Cl)c(N3CCCC(C(F)(F)F)C3)cc21. The Morgan fingerprint density at radius 3 is 2.37 bits per heavy atom. The lowest BCUT2D eigenvalue weighted by Gasteiger charge is -2.35. The highest BCUT2D eigenvalue weighted by Crippen LogP contribution is 2.40. The van der Waals surface area contributed by atoms with E-state index < -0.39 is 12.1 Å². The van der Waals surface area contributed by atoms with Crippen LogP contribution in [0, 0.1) is 5.92 Å². The number of imidazole rings is 1. The van der Waals surface area contributed by atoms with Crippen molar-refractivity contribution in [2.75, 3.05) is 49.7 Å². The number of rotatable bonds is 4. The number of hydrogen-bond donors (Lipinski definition) is 2. The third-order valence-electron chi connectivity index (χ3n) is 6.55. The highest BCUT2D eigenvalue weighted by atomic mass is 35.5. The minimum Gasteiger partial charge on any atom is -0.377 e. The van der Waals surface area contributed by atoms with Crippen LogP contribution in [0.4, 0.5) is 30.5 Å². The summed E-state index contributed by atoms with van der Waals surface area (Å²) < 4.78 is 51.5. The lowest BCUT2D eigenvalue weighted by Crippen LogP contribution is -2.41. The topological polar surface area (TPSA) is 77.6 Å². The van der Waals surface area contributed by atoms with E-state index >= 15 is 0 Å². The summed E-state index contributed by atoms with van der Waals surface area (Å²) in [6, 6.07) is 6.88. The molecule has 3 aromatic rings. The van der Waals surface area contributed by atoms with Crippen LogP contribution in [0.1, 0.15) is 18.4 Å². The molecule has 1 aromatic heterocycles. The van der Waals surface area contributed by atoms with Gasteiger partial charge in [0.2, 0.25) is 5.95 Å². The van der Waals surface area contributed by atoms with Crippen LogP contribution in [0.15, 0.2) is 24.3 Å². The van der Waals surface area contributed by atoms with Crippen molar-refractivity contribution in [3.05, 3.63) is 44.9 Å². The van der Waals surface area contributed by atoms with Crippen LogP contribution in [0.25, 0.3) is 11.0 Å². The van der Waals surface area contributed by atoms with E-state index in [-0.39, 0.29) is 19.5 Å². The first kappa shape index (κ1) is 29.0. The molecule has 0 bridgehead atoms. The third kappa shape index (κ3) is 6.60. The fourth-order valence-corrected chi connectivity index (χ4v) is 5.26. The fraction of sp³-hybridized carbons (Fsp3) is 0.480. The lowest BCUT2D eigenvalue weighted by atomic mass is 9.97. The van der Waals surface area contributed by atoms with Crippen LogP contribution in [0.3, 0.4) is 0 Å². The summed E-state index contributed by atoms with van der Waals surface area (Å²) in [7, 11) is 1.79. The quantitative estimate of drug-likeness (QED) is 0.357. The molecule has 13 heteroatoms. The fourth-order valence-electron chi connectivity index (χ4n) is 4.44. The number of fused-ring (bicyclic) bond motifs is 1. The van der Waals surface area contributed by atoms with E-state index in [1.807, 2.05) is 0 Å². The van der Waals surface area contributed by atoms with Crippen LogP contribution in [0.5, 0.6) is 0 Å². The van der Waals surface area contributed by atoms with Crippen molar-refractivity contribution in [2.45, 2.75) is 25.6 Å². The second kappa shape index (κ2) is 12.5. The van der Waals surface area contributed by atoms with Gasteiger partial charge in [0.15, 0.2) is 0 Å². The zero-order valence-electron chi connectivity index (χ0n) is 20.8. The Kier molecular flexibility index (Phi) is 9.54. The molecule has 0 saturated carbocycles. The largest absolute Gasteiger partial charge is 0.393 e. The summed E-state index contributed by atoms with van der Waals surface area (Å²) in [5.41, 5.74) is 8.80. The molecule has 2 saturated heterocycles. The molecule has 2 aliphatic heterocycles. The molecule has 0 radical (unpaired) electrons. The number of alkyl halides is 3. The molecule has 7 nitrogen and oxygen atoms in total. The number of aryl methyl sites for hydroxylation is 1. The average molecular weight is 595 g/mol. The number of benzene rings is 2. The lowest BCUT2D eigenvalue weighted by molar-refractivity contribution is -0.175. The van der Waals surface area contributed by atoms with Crippen LogP contribution >= 0.6 is 34.8 Å². The molecule has 0 spiro atoms. The minimum absolute atomic E-state index is 0.116. The van der Waals surface area contributed by atoms with Gasteiger partial charge in [0.25, 0.3) is 0 Å². The van der Waals surface area contributed by atoms with Crippen LogP contribution < -0.4 is 16.0 Å². The van der Waals surface area contributed by atoms with E-state index in [9.17, 15) is 13.2 Å². The van der Waals surface area contributed by atoms with Crippen LogP contribution in [-0.2, 0) is 23.1 Å². The maximum Gasteiger partial charge on any atom is 0.393 e. The molecule has 3 heterocycles. The van der Waals surface area contributed by atoms with Crippen molar-refractivity contribution in [3.63, 3.8) is 0 Å². The van der Waals surface area contributed by atoms with Gasteiger partial charge in [-0.05, 0) is 36.6 Å². The molecule has 2 aliphatic rings. The maximum absolute atomic E-state index is 13.3. The molecule has 0 aliphatic carbocycles. The van der Waals surface area contributed by atoms with E-state index in [2.05, 4.69) is 10.3 Å². The number of ether oxygens (including phenoxy) is 2.